The molecule has 0 saturated heterocycles. The highest BCUT2D eigenvalue weighted by Gasteiger charge is 2.20. The number of hydrogen-bond donors (Lipinski definition) is 0. The second-order valence-corrected chi connectivity index (χ2v) is 5.39. The SMILES string of the molecule is C=CC(C)(C)C(Br)Br. The Kier molecular flexibility index (Phi) is 3.28. The maximum Gasteiger partial charge on any atom is 0.0782 e. The minimum Gasteiger partial charge on any atom is -0.102 e. The second-order valence-electron chi connectivity index (χ2n) is 2.33. The molecule has 0 aromatic rings. The summed E-state index contributed by atoms with van der Waals surface area (Å²) in [6.45, 7) is 7.90. The number of alkyl halides is 2. The van der Waals surface area contributed by atoms with Gasteiger partial charge in [-0.3, -0.25) is 0 Å². The summed E-state index contributed by atoms with van der Waals surface area (Å²) in [6, 6.07) is 0. The standard InChI is InChI=1S/C6H10Br2/c1-4-6(2,3)5(7)8/h4-5H,1H2,2-3H3. The first-order chi connectivity index (χ1) is 3.50. The molecule has 0 aromatic carbocycles. The molecule has 0 atom stereocenters. The highest BCUT2D eigenvalue weighted by molar-refractivity contribution is 9.24. The fourth-order valence-corrected chi connectivity index (χ4v) is 0.463. The third-order valence-corrected chi connectivity index (χ3v) is 3.45. The van der Waals surface area contributed by atoms with E-state index >= 15 is 0 Å². The van der Waals surface area contributed by atoms with E-state index in [1.54, 1.807) is 0 Å². The van der Waals surface area contributed by atoms with Crippen molar-refractivity contribution >= 4 is 31.9 Å². The highest BCUT2D eigenvalue weighted by atomic mass is 79.9. The van der Waals surface area contributed by atoms with Crippen molar-refractivity contribution in [3.05, 3.63) is 12.7 Å². The average molecular weight is 242 g/mol. The minimum absolute atomic E-state index is 0.139. The molecular formula is C6H10Br2. The molecule has 0 aromatic heterocycles. The summed E-state index contributed by atoms with van der Waals surface area (Å²) in [6.07, 6.45) is 1.92. The highest BCUT2D eigenvalue weighted by Crippen LogP contribution is 2.31. The maximum atomic E-state index is 3.69. The third-order valence-electron chi connectivity index (χ3n) is 1.09. The average Bonchev–Trinajstić information content (AvgIpc) is 1.67. The molecule has 0 heterocycles. The van der Waals surface area contributed by atoms with Crippen molar-refractivity contribution in [2.45, 2.75) is 17.6 Å². The predicted octanol–water partition coefficient (Wildman–Crippen LogP) is 3.31. The molecule has 0 fully saturated rings. The van der Waals surface area contributed by atoms with Crippen molar-refractivity contribution in [2.24, 2.45) is 5.41 Å². The van der Waals surface area contributed by atoms with Crippen molar-refractivity contribution in [2.75, 3.05) is 0 Å². The van der Waals surface area contributed by atoms with Crippen LogP contribution in [0.4, 0.5) is 0 Å². The number of halogens is 2. The summed E-state index contributed by atoms with van der Waals surface area (Å²) in [4.78, 5) is 0. The van der Waals surface area contributed by atoms with Gasteiger partial charge in [0.05, 0.1) is 3.74 Å². The maximum absolute atomic E-state index is 3.69. The summed E-state index contributed by atoms with van der Waals surface area (Å²) >= 11 is 6.80. The first-order valence-corrected chi connectivity index (χ1v) is 4.25. The largest absolute Gasteiger partial charge is 0.102 e. The van der Waals surface area contributed by atoms with Gasteiger partial charge in [-0.05, 0) is 0 Å². The van der Waals surface area contributed by atoms with Crippen molar-refractivity contribution in [3.63, 3.8) is 0 Å². The van der Waals surface area contributed by atoms with E-state index < -0.39 is 0 Å². The Morgan fingerprint density at radius 3 is 1.88 bits per heavy atom. The van der Waals surface area contributed by atoms with Crippen LogP contribution < -0.4 is 0 Å². The Morgan fingerprint density at radius 1 is 1.50 bits per heavy atom. The topological polar surface area (TPSA) is 0 Å². The molecule has 0 nitrogen and oxygen atoms in total. The van der Waals surface area contributed by atoms with Gasteiger partial charge < -0.3 is 0 Å². The summed E-state index contributed by atoms with van der Waals surface area (Å²) in [5.41, 5.74) is 0.139. The van der Waals surface area contributed by atoms with Crippen molar-refractivity contribution in [1.29, 1.82) is 0 Å². The Balaban J connectivity index is 3.90. The first kappa shape index (κ1) is 8.70. The molecule has 48 valence electrons. The molecule has 0 rings (SSSR count). The number of allylic oxidation sites excluding steroid dienone is 1. The molecule has 2 heteroatoms. The molecule has 0 aliphatic rings. The fourth-order valence-electron chi connectivity index (χ4n) is 0.0891. The van der Waals surface area contributed by atoms with Gasteiger partial charge in [0.25, 0.3) is 0 Å². The van der Waals surface area contributed by atoms with Crippen LogP contribution in [-0.2, 0) is 0 Å². The van der Waals surface area contributed by atoms with Gasteiger partial charge in [-0.2, -0.15) is 0 Å². The first-order valence-electron chi connectivity index (χ1n) is 2.42. The molecule has 0 unspecified atom stereocenters. The Bertz CT molecular complexity index is 84.5. The molecule has 0 amide bonds. The van der Waals surface area contributed by atoms with Gasteiger partial charge in [0.1, 0.15) is 0 Å². The van der Waals surface area contributed by atoms with Gasteiger partial charge in [0.2, 0.25) is 0 Å². The van der Waals surface area contributed by atoms with Gasteiger partial charge in [-0.1, -0.05) is 51.8 Å². The van der Waals surface area contributed by atoms with E-state index in [0.29, 0.717) is 3.74 Å². The van der Waals surface area contributed by atoms with Crippen molar-refractivity contribution in [3.8, 4) is 0 Å². The third kappa shape index (κ3) is 2.31. The van der Waals surface area contributed by atoms with Crippen LogP contribution in [0.15, 0.2) is 12.7 Å². The molecule has 8 heavy (non-hydrogen) atoms. The van der Waals surface area contributed by atoms with Gasteiger partial charge >= 0.3 is 0 Å². The molecule has 0 aliphatic heterocycles. The molecule has 0 N–H and O–H groups in total. The predicted molar refractivity (Wildman–Crippen MR) is 45.6 cm³/mol. The summed E-state index contributed by atoms with van der Waals surface area (Å²) in [7, 11) is 0. The zero-order chi connectivity index (χ0) is 6.78. The van der Waals surface area contributed by atoms with Crippen LogP contribution in [0.25, 0.3) is 0 Å². The molecule has 0 spiro atoms. The molecule has 0 aliphatic carbocycles. The smallest absolute Gasteiger partial charge is 0.0782 e. The van der Waals surface area contributed by atoms with E-state index in [0.717, 1.165) is 0 Å². The van der Waals surface area contributed by atoms with Crippen LogP contribution in [0.1, 0.15) is 13.8 Å². The van der Waals surface area contributed by atoms with Gasteiger partial charge in [-0.25, -0.2) is 0 Å². The van der Waals surface area contributed by atoms with E-state index in [9.17, 15) is 0 Å². The zero-order valence-electron chi connectivity index (χ0n) is 5.12. The summed E-state index contributed by atoms with van der Waals surface area (Å²) in [5, 5.41) is 0. The van der Waals surface area contributed by atoms with Crippen LogP contribution >= 0.6 is 31.9 Å². The molecule has 0 radical (unpaired) electrons. The summed E-state index contributed by atoms with van der Waals surface area (Å²) in [5.74, 6) is 0. The molecular weight excluding hydrogens is 232 g/mol. The van der Waals surface area contributed by atoms with Gasteiger partial charge in [0.15, 0.2) is 0 Å². The lowest BCUT2D eigenvalue weighted by molar-refractivity contribution is 0.544. The summed E-state index contributed by atoms with van der Waals surface area (Å²) < 4.78 is 0.319. The number of hydrogen-bond acceptors (Lipinski definition) is 0. The van der Waals surface area contributed by atoms with Gasteiger partial charge in [-0.15, -0.1) is 6.58 Å². The second kappa shape index (κ2) is 3.02. The molecule has 0 bridgehead atoms. The lowest BCUT2D eigenvalue weighted by Crippen LogP contribution is -2.14. The van der Waals surface area contributed by atoms with Crippen LogP contribution in [0.2, 0.25) is 0 Å². The van der Waals surface area contributed by atoms with Crippen LogP contribution in [0, 0.1) is 5.41 Å². The van der Waals surface area contributed by atoms with E-state index in [1.165, 1.54) is 0 Å². The Morgan fingerprint density at radius 2 is 1.88 bits per heavy atom. The Hall–Kier alpha value is 0.700. The van der Waals surface area contributed by atoms with Crippen LogP contribution in [0.5, 0.6) is 0 Å². The van der Waals surface area contributed by atoms with E-state index in [4.69, 9.17) is 0 Å². The zero-order valence-corrected chi connectivity index (χ0v) is 8.29. The monoisotopic (exact) mass is 240 g/mol. The van der Waals surface area contributed by atoms with E-state index in [1.807, 2.05) is 6.08 Å². The molecule has 0 saturated carbocycles. The lowest BCUT2D eigenvalue weighted by atomic mass is 9.97. The van der Waals surface area contributed by atoms with Gasteiger partial charge in [0, 0.05) is 5.41 Å². The van der Waals surface area contributed by atoms with E-state index in [2.05, 4.69) is 52.3 Å². The van der Waals surface area contributed by atoms with Crippen molar-refractivity contribution < 1.29 is 0 Å². The fraction of sp³-hybridized carbons (Fsp3) is 0.667. The van der Waals surface area contributed by atoms with E-state index in [-0.39, 0.29) is 5.41 Å². The normalized spacial score (nSPS) is 12.1. The van der Waals surface area contributed by atoms with Crippen molar-refractivity contribution in [1.82, 2.24) is 0 Å². The quantitative estimate of drug-likeness (QED) is 0.514. The Labute approximate surface area is 67.6 Å². The number of rotatable bonds is 2. The lowest BCUT2D eigenvalue weighted by Gasteiger charge is -2.20. The minimum atomic E-state index is 0.139. The van der Waals surface area contributed by atoms with Crippen LogP contribution in [0.3, 0.4) is 0 Å². The van der Waals surface area contributed by atoms with Crippen LogP contribution in [-0.4, -0.2) is 3.74 Å².